The Labute approximate surface area is 134 Å². The molecule has 0 radical (unpaired) electrons. The van der Waals surface area contributed by atoms with Gasteiger partial charge in [-0.3, -0.25) is 4.79 Å². The maximum absolute atomic E-state index is 12.9. The number of hydrogen-bond acceptors (Lipinski definition) is 4. The molecule has 4 atom stereocenters. The maximum Gasteiger partial charge on any atom is 0.163 e. The third-order valence-electron chi connectivity index (χ3n) is 4.74. The summed E-state index contributed by atoms with van der Waals surface area (Å²) in [6, 6.07) is 0. The molecule has 1 N–H and O–H groups in total. The first-order chi connectivity index (χ1) is 10.0. The van der Waals surface area contributed by atoms with Gasteiger partial charge in [0.1, 0.15) is 5.78 Å². The van der Waals surface area contributed by atoms with Crippen LogP contribution in [0.15, 0.2) is 12.7 Å². The number of carbonyl (C=O) groups excluding carboxylic acids is 1. The number of ketones is 1. The Morgan fingerprint density at radius 3 is 2.55 bits per heavy atom. The summed E-state index contributed by atoms with van der Waals surface area (Å²) in [6.07, 6.45) is 2.29. The molecule has 4 nitrogen and oxygen atoms in total. The van der Waals surface area contributed by atoms with Gasteiger partial charge >= 0.3 is 0 Å². The van der Waals surface area contributed by atoms with Crippen molar-refractivity contribution in [2.45, 2.75) is 72.4 Å². The number of aliphatic hydroxyl groups is 1. The first-order valence-corrected chi connectivity index (χ1v) is 8.18. The van der Waals surface area contributed by atoms with Gasteiger partial charge in [0, 0.05) is 5.92 Å². The highest BCUT2D eigenvalue weighted by Crippen LogP contribution is 2.37. The Hall–Kier alpha value is -0.710. The molecule has 0 saturated carbocycles. The molecular weight excluding hydrogens is 280 g/mol. The molecule has 0 aliphatic carbocycles. The largest absolute Gasteiger partial charge is 0.392 e. The van der Waals surface area contributed by atoms with Crippen molar-refractivity contribution in [3.8, 4) is 0 Å². The third-order valence-corrected chi connectivity index (χ3v) is 4.74. The molecule has 1 aliphatic heterocycles. The van der Waals surface area contributed by atoms with Gasteiger partial charge in [0.2, 0.25) is 0 Å². The zero-order valence-electron chi connectivity index (χ0n) is 14.9. The zero-order valence-corrected chi connectivity index (χ0v) is 14.9. The van der Waals surface area contributed by atoms with E-state index in [0.717, 1.165) is 0 Å². The Morgan fingerprint density at radius 1 is 1.45 bits per heavy atom. The van der Waals surface area contributed by atoms with Crippen molar-refractivity contribution in [1.29, 1.82) is 0 Å². The fourth-order valence-corrected chi connectivity index (χ4v) is 3.15. The van der Waals surface area contributed by atoms with Crippen LogP contribution in [0.1, 0.15) is 54.4 Å². The molecule has 0 amide bonds. The minimum Gasteiger partial charge on any atom is -0.392 e. The first kappa shape index (κ1) is 19.3. The number of aliphatic hydroxyl groups excluding tert-OH is 1. The van der Waals surface area contributed by atoms with Gasteiger partial charge in [-0.1, -0.05) is 33.8 Å². The van der Waals surface area contributed by atoms with E-state index >= 15 is 0 Å². The number of carbonyl (C=O) groups is 1. The Morgan fingerprint density at radius 2 is 2.05 bits per heavy atom. The Bertz CT molecular complexity index is 400. The lowest BCUT2D eigenvalue weighted by molar-refractivity contribution is -0.289. The van der Waals surface area contributed by atoms with Gasteiger partial charge in [-0.2, -0.15) is 0 Å². The van der Waals surface area contributed by atoms with Gasteiger partial charge in [0.15, 0.2) is 5.79 Å². The summed E-state index contributed by atoms with van der Waals surface area (Å²) >= 11 is 0. The molecule has 1 aliphatic rings. The normalized spacial score (nSPS) is 26.0. The number of allylic oxidation sites excluding steroid dienone is 1. The maximum atomic E-state index is 12.9. The summed E-state index contributed by atoms with van der Waals surface area (Å²) < 4.78 is 11.5. The van der Waals surface area contributed by atoms with Crippen LogP contribution in [0.25, 0.3) is 0 Å². The Kier molecular flexibility index (Phi) is 6.36. The van der Waals surface area contributed by atoms with E-state index in [1.165, 1.54) is 0 Å². The number of rotatable bonds is 7. The van der Waals surface area contributed by atoms with Crippen molar-refractivity contribution < 1.29 is 19.4 Å². The molecule has 0 spiro atoms. The van der Waals surface area contributed by atoms with Gasteiger partial charge in [-0.05, 0) is 32.6 Å². The average Bonchev–Trinajstić information content (AvgIpc) is 2.44. The van der Waals surface area contributed by atoms with Gasteiger partial charge < -0.3 is 14.6 Å². The van der Waals surface area contributed by atoms with Crippen molar-refractivity contribution in [2.75, 3.05) is 6.61 Å². The molecule has 0 bridgehead atoms. The zero-order chi connectivity index (χ0) is 17.1. The van der Waals surface area contributed by atoms with E-state index in [-0.39, 0.29) is 17.8 Å². The van der Waals surface area contributed by atoms with Crippen molar-refractivity contribution in [3.63, 3.8) is 0 Å². The van der Waals surface area contributed by atoms with Crippen LogP contribution in [-0.2, 0) is 14.3 Å². The number of ether oxygens (including phenoxy) is 2. The van der Waals surface area contributed by atoms with Gasteiger partial charge in [-0.15, -0.1) is 6.58 Å². The number of hydrogen-bond donors (Lipinski definition) is 1. The molecular formula is C18H32O4. The van der Waals surface area contributed by atoms with E-state index in [0.29, 0.717) is 19.4 Å². The lowest BCUT2D eigenvalue weighted by Crippen LogP contribution is -2.51. The molecule has 1 saturated heterocycles. The second-order valence-electron chi connectivity index (χ2n) is 7.51. The smallest absolute Gasteiger partial charge is 0.163 e. The molecule has 1 fully saturated rings. The van der Waals surface area contributed by atoms with Gasteiger partial charge in [0.05, 0.1) is 24.2 Å². The summed E-state index contributed by atoms with van der Waals surface area (Å²) in [5.74, 6) is -1.05. The summed E-state index contributed by atoms with van der Waals surface area (Å²) in [5, 5.41) is 10.4. The molecule has 128 valence electrons. The average molecular weight is 312 g/mol. The van der Waals surface area contributed by atoms with Gasteiger partial charge in [-0.25, -0.2) is 0 Å². The van der Waals surface area contributed by atoms with Crippen LogP contribution in [0.3, 0.4) is 0 Å². The van der Waals surface area contributed by atoms with Crippen molar-refractivity contribution >= 4 is 5.78 Å². The highest BCUT2D eigenvalue weighted by atomic mass is 16.7. The highest BCUT2D eigenvalue weighted by molar-refractivity contribution is 5.87. The van der Waals surface area contributed by atoms with Crippen LogP contribution in [0.4, 0.5) is 0 Å². The van der Waals surface area contributed by atoms with E-state index in [1.54, 1.807) is 13.0 Å². The summed E-state index contributed by atoms with van der Waals surface area (Å²) in [5.41, 5.74) is -0.657. The summed E-state index contributed by atoms with van der Waals surface area (Å²) in [4.78, 5) is 12.9. The predicted octanol–water partition coefficient (Wildman–Crippen LogP) is 3.33. The second kappa shape index (κ2) is 7.24. The van der Waals surface area contributed by atoms with Crippen LogP contribution < -0.4 is 0 Å². The fraction of sp³-hybridized carbons (Fsp3) is 0.833. The molecule has 2 unspecified atom stereocenters. The predicted molar refractivity (Wildman–Crippen MR) is 87.5 cm³/mol. The lowest BCUT2D eigenvalue weighted by atomic mass is 9.73. The molecule has 0 aromatic heterocycles. The monoisotopic (exact) mass is 312 g/mol. The van der Waals surface area contributed by atoms with Crippen LogP contribution >= 0.6 is 0 Å². The minimum absolute atomic E-state index is 0.0132. The Balaban J connectivity index is 2.82. The quantitative estimate of drug-likeness (QED) is 0.733. The van der Waals surface area contributed by atoms with E-state index in [2.05, 4.69) is 6.58 Å². The van der Waals surface area contributed by atoms with Crippen molar-refractivity contribution in [3.05, 3.63) is 12.7 Å². The standard InChI is InChI=1S/C18H32O4/c1-8-9-12(2)15(19)13(3)16(20)17(4,5)14-10-11-21-18(6,7)22-14/h8,12-15,19H,1,9-11H2,2-7H3/t12?,13?,14-,15-/m0/s1. The highest BCUT2D eigenvalue weighted by Gasteiger charge is 2.45. The van der Waals surface area contributed by atoms with Crippen molar-refractivity contribution in [1.82, 2.24) is 0 Å². The van der Waals surface area contributed by atoms with Gasteiger partial charge in [0.25, 0.3) is 0 Å². The molecule has 1 rings (SSSR count). The van der Waals surface area contributed by atoms with Crippen LogP contribution in [0.2, 0.25) is 0 Å². The topological polar surface area (TPSA) is 55.8 Å². The van der Waals surface area contributed by atoms with E-state index < -0.39 is 23.2 Å². The molecule has 0 aromatic rings. The lowest BCUT2D eigenvalue weighted by Gasteiger charge is -2.44. The van der Waals surface area contributed by atoms with E-state index in [1.807, 2.05) is 34.6 Å². The van der Waals surface area contributed by atoms with E-state index in [4.69, 9.17) is 9.47 Å². The van der Waals surface area contributed by atoms with Crippen molar-refractivity contribution in [2.24, 2.45) is 17.3 Å². The van der Waals surface area contributed by atoms with Crippen LogP contribution in [-0.4, -0.2) is 35.5 Å². The molecule has 0 aromatic carbocycles. The molecule has 22 heavy (non-hydrogen) atoms. The summed E-state index contributed by atoms with van der Waals surface area (Å²) in [7, 11) is 0. The fourth-order valence-electron chi connectivity index (χ4n) is 3.15. The minimum atomic E-state index is -0.669. The van der Waals surface area contributed by atoms with Crippen LogP contribution in [0.5, 0.6) is 0 Å². The van der Waals surface area contributed by atoms with E-state index in [9.17, 15) is 9.90 Å². The first-order valence-electron chi connectivity index (χ1n) is 8.18. The third kappa shape index (κ3) is 4.40. The molecule has 1 heterocycles. The SMILES string of the molecule is C=CCC(C)[C@H](O)C(C)C(=O)C(C)(C)[C@@H]1CCOC(C)(C)O1. The molecule has 4 heteroatoms. The van der Waals surface area contributed by atoms with Crippen LogP contribution in [0, 0.1) is 17.3 Å². The second-order valence-corrected chi connectivity index (χ2v) is 7.51. The summed E-state index contributed by atoms with van der Waals surface area (Å²) in [6.45, 7) is 15.6. The number of Topliss-reactive ketones (excluding diaryl/α,β-unsaturated/α-hetero) is 1.